The van der Waals surface area contributed by atoms with Crippen molar-refractivity contribution in [3.63, 3.8) is 0 Å². The fraction of sp³-hybridized carbons (Fsp3) is 0.600. The van der Waals surface area contributed by atoms with Crippen LogP contribution in [0.15, 0.2) is 53.5 Å². The van der Waals surface area contributed by atoms with E-state index in [2.05, 4.69) is 52.1 Å². The minimum atomic E-state index is -0.998. The maximum Gasteiger partial charge on any atom is 0.302 e. The zero-order valence-electron chi connectivity index (χ0n) is 33.2. The summed E-state index contributed by atoms with van der Waals surface area (Å²) in [6.45, 7) is 3.84. The van der Waals surface area contributed by atoms with Gasteiger partial charge in [-0.2, -0.15) is 0 Å². The number of aliphatic hydroxyl groups is 3. The third kappa shape index (κ3) is 9.78. The van der Waals surface area contributed by atoms with Gasteiger partial charge in [0.05, 0.1) is 30.3 Å². The number of phenolic OH excluding ortho intramolecular Hbond substituents is 1. The van der Waals surface area contributed by atoms with Crippen LogP contribution in [0.4, 0.5) is 0 Å². The molecule has 2 aromatic carbocycles. The fourth-order valence-corrected chi connectivity index (χ4v) is 9.94. The number of carbonyl (C=O) groups excluding carboxylic acids is 1. The summed E-state index contributed by atoms with van der Waals surface area (Å²) in [6, 6.07) is 11.5. The summed E-state index contributed by atoms with van der Waals surface area (Å²) >= 11 is 0. The van der Waals surface area contributed by atoms with Crippen molar-refractivity contribution in [1.29, 1.82) is 0 Å². The average Bonchev–Trinajstić information content (AvgIpc) is 3.18. The first-order valence-corrected chi connectivity index (χ1v) is 21.0. The molecule has 3 heterocycles. The molecule has 2 spiro atoms. The van der Waals surface area contributed by atoms with E-state index in [-0.39, 0.29) is 42.3 Å². The van der Waals surface area contributed by atoms with Gasteiger partial charge in [0.15, 0.2) is 17.5 Å². The van der Waals surface area contributed by atoms with Crippen LogP contribution in [0.1, 0.15) is 87.0 Å². The van der Waals surface area contributed by atoms with E-state index in [9.17, 15) is 25.2 Å². The van der Waals surface area contributed by atoms with Gasteiger partial charge >= 0.3 is 5.97 Å². The summed E-state index contributed by atoms with van der Waals surface area (Å²) < 4.78 is 12.7. The number of guanidine groups is 1. The van der Waals surface area contributed by atoms with Crippen molar-refractivity contribution < 1.29 is 34.7 Å². The van der Waals surface area contributed by atoms with E-state index in [1.54, 1.807) is 6.07 Å². The average molecular weight is 784 g/mol. The first-order valence-electron chi connectivity index (χ1n) is 21.0. The summed E-state index contributed by atoms with van der Waals surface area (Å²) in [5, 5.41) is 56.5. The SMILES string of the molecule is CC(=O)OC1CC(O)CCC23C#CC4CCCC5(CNCCc6cccc(c6)CCN=C(N)NC2C=CCC3O)CC(CCN5)Oc2cc(c(CO)cc2O)CC41. The van der Waals surface area contributed by atoms with E-state index in [0.717, 1.165) is 63.7 Å². The summed E-state index contributed by atoms with van der Waals surface area (Å²) in [5.74, 6) is 6.73. The molecule has 57 heavy (non-hydrogen) atoms. The number of fused-ring (bicyclic) bond motifs is 7. The van der Waals surface area contributed by atoms with E-state index >= 15 is 0 Å². The number of carbonyl (C=O) groups is 1. The number of rotatable bonds is 2. The molecule has 2 aromatic rings. The maximum absolute atomic E-state index is 12.8. The van der Waals surface area contributed by atoms with E-state index in [0.29, 0.717) is 50.0 Å². The highest BCUT2D eigenvalue weighted by Crippen LogP contribution is 2.43. The number of aromatic hydroxyl groups is 1. The van der Waals surface area contributed by atoms with Crippen LogP contribution < -0.4 is 26.4 Å². The van der Waals surface area contributed by atoms with Crippen LogP contribution in [0, 0.1) is 29.1 Å². The van der Waals surface area contributed by atoms with Crippen molar-refractivity contribution in [3.8, 4) is 23.3 Å². The number of nitrogens with one attached hydrogen (secondary N) is 3. The summed E-state index contributed by atoms with van der Waals surface area (Å²) in [5.41, 5.74) is 9.00. The number of hydrogen-bond donors (Lipinski definition) is 8. The predicted molar refractivity (Wildman–Crippen MR) is 218 cm³/mol. The predicted octanol–water partition coefficient (Wildman–Crippen LogP) is 3.16. The van der Waals surface area contributed by atoms with Crippen LogP contribution in [0.3, 0.4) is 0 Å². The second kappa shape index (κ2) is 18.2. The zero-order chi connectivity index (χ0) is 40.0. The van der Waals surface area contributed by atoms with Crippen LogP contribution in [-0.4, -0.2) is 94.5 Å². The van der Waals surface area contributed by atoms with Crippen LogP contribution in [0.25, 0.3) is 0 Å². The Hall–Kier alpha value is -4.12. The molecule has 12 heteroatoms. The molecule has 0 saturated carbocycles. The Morgan fingerprint density at radius 2 is 1.95 bits per heavy atom. The van der Waals surface area contributed by atoms with E-state index in [1.807, 2.05) is 18.2 Å². The molecule has 12 nitrogen and oxygen atoms in total. The summed E-state index contributed by atoms with van der Waals surface area (Å²) in [7, 11) is 0. The van der Waals surface area contributed by atoms with Gasteiger partial charge < -0.3 is 51.6 Å². The quantitative estimate of drug-likeness (QED) is 0.127. The molecule has 5 aliphatic rings. The number of nitrogens with zero attached hydrogens (tertiary/aromatic N) is 1. The molecule has 0 amide bonds. The van der Waals surface area contributed by atoms with Gasteiger partial charge in [-0.05, 0) is 105 Å². The molecule has 1 saturated heterocycles. The number of ether oxygens (including phenoxy) is 2. The number of aliphatic imine (C=N–C) groups is 1. The third-order valence-corrected chi connectivity index (χ3v) is 13.0. The second-order valence-electron chi connectivity index (χ2n) is 17.0. The first-order chi connectivity index (χ1) is 27.5. The van der Waals surface area contributed by atoms with Crippen LogP contribution >= 0.6 is 0 Å². The Balaban J connectivity index is 1.37. The van der Waals surface area contributed by atoms with Gasteiger partial charge in [-0.25, -0.2) is 0 Å². The van der Waals surface area contributed by atoms with E-state index < -0.39 is 41.7 Å². The number of benzene rings is 2. The lowest BCUT2D eigenvalue weighted by molar-refractivity contribution is -0.152. The molecule has 308 valence electrons. The highest BCUT2D eigenvalue weighted by molar-refractivity contribution is 5.78. The molecule has 2 aliphatic carbocycles. The maximum atomic E-state index is 12.8. The van der Waals surface area contributed by atoms with Gasteiger partial charge in [0.25, 0.3) is 0 Å². The van der Waals surface area contributed by atoms with Gasteiger partial charge in [-0.1, -0.05) is 54.7 Å². The Labute approximate surface area is 336 Å². The largest absolute Gasteiger partial charge is 0.504 e. The van der Waals surface area contributed by atoms with Gasteiger partial charge in [0.1, 0.15) is 12.2 Å². The third-order valence-electron chi connectivity index (χ3n) is 13.0. The number of aliphatic hydroxyl groups excluding tert-OH is 3. The Morgan fingerprint density at radius 3 is 2.77 bits per heavy atom. The number of esters is 1. The number of nitrogens with two attached hydrogens (primary N) is 1. The molecular weight excluding hydrogens is 723 g/mol. The molecular formula is C45H61N5O7. The van der Waals surface area contributed by atoms with Crippen molar-refractivity contribution in [2.45, 2.75) is 127 Å². The lowest BCUT2D eigenvalue weighted by atomic mass is 9.66. The van der Waals surface area contributed by atoms with Crippen LogP contribution in [0.5, 0.6) is 11.5 Å². The first kappa shape index (κ1) is 41.1. The standard InChI is InChI=1S/C45H61N5O7/c1-29(52)56-39-25-35(53)11-17-45-16-10-32-7-4-15-44(26-36(14-20-49-44)57-40-24-33(22-37(32)39)34(27-51)23-38(40)54)28-47-18-12-30-5-2-6-31(21-30)13-19-48-43(46)50-41(45)8-3-9-42(45)55/h2-3,5-6,8,21,23-24,32,35-37,39,41-42,47,49,51,53-55H,4,7,9,11-15,17-20,22,25-28H2,1H3,(H3,46,48,50). The smallest absolute Gasteiger partial charge is 0.302 e. The van der Waals surface area contributed by atoms with Gasteiger partial charge in [-0.15, -0.1) is 0 Å². The molecule has 9 atom stereocenters. The monoisotopic (exact) mass is 783 g/mol. The van der Waals surface area contributed by atoms with Crippen molar-refractivity contribution in [3.05, 3.63) is 70.8 Å². The summed E-state index contributed by atoms with van der Waals surface area (Å²) in [4.78, 5) is 17.5. The zero-order valence-corrected chi connectivity index (χ0v) is 33.2. The molecule has 9 N–H and O–H groups in total. The molecule has 3 aliphatic heterocycles. The molecule has 9 unspecified atom stereocenters. The molecule has 1 fully saturated rings. The Kier molecular flexibility index (Phi) is 13.1. The molecule has 7 rings (SSSR count). The second-order valence-corrected chi connectivity index (χ2v) is 17.0. The minimum Gasteiger partial charge on any atom is -0.504 e. The molecule has 0 radical (unpaired) electrons. The summed E-state index contributed by atoms with van der Waals surface area (Å²) in [6.07, 6.45) is 8.40. The lowest BCUT2D eigenvalue weighted by Gasteiger charge is -2.43. The topological polar surface area (TPSA) is 191 Å². The van der Waals surface area contributed by atoms with Crippen molar-refractivity contribution in [2.75, 3.05) is 26.2 Å². The fourth-order valence-electron chi connectivity index (χ4n) is 9.94. The number of phenols is 1. The Bertz CT molecular complexity index is 1860. The van der Waals surface area contributed by atoms with Gasteiger partial charge in [0.2, 0.25) is 0 Å². The van der Waals surface area contributed by atoms with Crippen molar-refractivity contribution >= 4 is 11.9 Å². The van der Waals surface area contributed by atoms with Crippen LogP contribution in [0.2, 0.25) is 0 Å². The Morgan fingerprint density at radius 1 is 1.11 bits per heavy atom. The highest BCUT2D eigenvalue weighted by Gasteiger charge is 2.46. The van der Waals surface area contributed by atoms with Gasteiger partial charge in [0, 0.05) is 50.2 Å². The highest BCUT2D eigenvalue weighted by atomic mass is 16.5. The minimum absolute atomic E-state index is 0.0350. The molecule has 8 bridgehead atoms. The van der Waals surface area contributed by atoms with Gasteiger partial charge in [-0.3, -0.25) is 9.79 Å². The van der Waals surface area contributed by atoms with Crippen molar-refractivity contribution in [2.24, 2.45) is 28.0 Å². The lowest BCUT2D eigenvalue weighted by Crippen LogP contribution is -2.59. The van der Waals surface area contributed by atoms with E-state index in [4.69, 9.17) is 20.2 Å². The van der Waals surface area contributed by atoms with Crippen molar-refractivity contribution in [1.82, 2.24) is 16.0 Å². The molecule has 0 aromatic heterocycles. The number of piperidine rings is 1. The normalized spacial score (nSPS) is 33.6. The van der Waals surface area contributed by atoms with E-state index in [1.165, 1.54) is 18.1 Å². The van der Waals surface area contributed by atoms with Crippen LogP contribution in [-0.2, 0) is 35.4 Å². The number of hydrogen-bond acceptors (Lipinski definition) is 12.